The molecule has 3 amide bonds. The first-order valence-corrected chi connectivity index (χ1v) is 9.24. The molecule has 2 aromatic carbocycles. The zero-order valence-electron chi connectivity index (χ0n) is 14.9. The van der Waals surface area contributed by atoms with Crippen LogP contribution in [-0.2, 0) is 4.79 Å². The first kappa shape index (κ1) is 19.0. The van der Waals surface area contributed by atoms with Crippen molar-refractivity contribution in [1.29, 1.82) is 0 Å². The number of urea groups is 1. The highest BCUT2D eigenvalue weighted by Crippen LogP contribution is 2.24. The van der Waals surface area contributed by atoms with Crippen molar-refractivity contribution in [1.82, 2.24) is 10.2 Å². The number of hydrogen-bond donors (Lipinski definition) is 2. The molecule has 0 saturated carbocycles. The van der Waals surface area contributed by atoms with Crippen molar-refractivity contribution in [3.63, 3.8) is 0 Å². The summed E-state index contributed by atoms with van der Waals surface area (Å²) >= 11 is 5.92. The molecule has 1 atom stereocenters. The average molecular weight is 384 g/mol. The summed E-state index contributed by atoms with van der Waals surface area (Å²) in [7, 11) is 0. The summed E-state index contributed by atoms with van der Waals surface area (Å²) in [5.74, 6) is -0.0212. The fourth-order valence-electron chi connectivity index (χ4n) is 3.23. The van der Waals surface area contributed by atoms with Crippen LogP contribution in [0.25, 0.3) is 5.57 Å². The predicted molar refractivity (Wildman–Crippen MR) is 107 cm³/mol. The monoisotopic (exact) mass is 383 g/mol. The lowest BCUT2D eigenvalue weighted by molar-refractivity contribution is -0.131. The van der Waals surface area contributed by atoms with Gasteiger partial charge in [-0.05, 0) is 35.3 Å². The van der Waals surface area contributed by atoms with E-state index in [1.807, 2.05) is 18.2 Å². The number of nitrogens with zero attached hydrogens (tertiary/aromatic N) is 1. The third kappa shape index (κ3) is 5.11. The molecule has 140 valence electrons. The summed E-state index contributed by atoms with van der Waals surface area (Å²) < 4.78 is 0. The standard InChI is InChI=1S/C21H22ClN3O2/c22-18-8-6-17(7-9-18)19(24-21(23)27)14-20(26)25-12-10-16(11-13-25)15-4-2-1-3-5-15/h1-10,19H,11-14H2,(H3,23,24,27). The van der Waals surface area contributed by atoms with Crippen LogP contribution >= 0.6 is 11.6 Å². The molecule has 3 N–H and O–H groups in total. The maximum absolute atomic E-state index is 12.8. The Bertz CT molecular complexity index is 834. The second-order valence-electron chi connectivity index (χ2n) is 6.50. The normalized spacial score (nSPS) is 15.0. The van der Waals surface area contributed by atoms with E-state index >= 15 is 0 Å². The van der Waals surface area contributed by atoms with Crippen molar-refractivity contribution in [2.45, 2.75) is 18.9 Å². The number of hydrogen-bond acceptors (Lipinski definition) is 2. The van der Waals surface area contributed by atoms with E-state index in [2.05, 4.69) is 23.5 Å². The number of carbonyl (C=O) groups excluding carboxylic acids is 2. The SMILES string of the molecule is NC(=O)NC(CC(=O)N1CC=C(c2ccccc2)CC1)c1ccc(Cl)cc1. The Hall–Kier alpha value is -2.79. The highest BCUT2D eigenvalue weighted by atomic mass is 35.5. The fourth-order valence-corrected chi connectivity index (χ4v) is 3.36. The summed E-state index contributed by atoms with van der Waals surface area (Å²) in [6.07, 6.45) is 3.05. The van der Waals surface area contributed by atoms with E-state index in [9.17, 15) is 9.59 Å². The molecule has 6 heteroatoms. The lowest BCUT2D eigenvalue weighted by Crippen LogP contribution is -2.39. The van der Waals surface area contributed by atoms with Gasteiger partial charge in [0.1, 0.15) is 0 Å². The van der Waals surface area contributed by atoms with Gasteiger partial charge in [0, 0.05) is 18.1 Å². The molecule has 3 rings (SSSR count). The van der Waals surface area contributed by atoms with E-state index in [1.54, 1.807) is 29.2 Å². The third-order valence-corrected chi connectivity index (χ3v) is 4.93. The largest absolute Gasteiger partial charge is 0.352 e. The number of amides is 3. The quantitative estimate of drug-likeness (QED) is 0.824. The molecule has 0 bridgehead atoms. The third-order valence-electron chi connectivity index (χ3n) is 4.67. The Labute approximate surface area is 163 Å². The van der Waals surface area contributed by atoms with Gasteiger partial charge in [-0.25, -0.2) is 4.79 Å². The first-order chi connectivity index (χ1) is 13.0. The van der Waals surface area contributed by atoms with Gasteiger partial charge in [-0.15, -0.1) is 0 Å². The predicted octanol–water partition coefficient (Wildman–Crippen LogP) is 3.76. The van der Waals surface area contributed by atoms with E-state index in [0.29, 0.717) is 18.1 Å². The Balaban J connectivity index is 1.66. The molecule has 27 heavy (non-hydrogen) atoms. The van der Waals surface area contributed by atoms with Crippen LogP contribution in [0.2, 0.25) is 5.02 Å². The van der Waals surface area contributed by atoms with Crippen LogP contribution in [0.15, 0.2) is 60.7 Å². The van der Waals surface area contributed by atoms with E-state index in [-0.39, 0.29) is 12.3 Å². The Morgan fingerprint density at radius 3 is 2.41 bits per heavy atom. The molecule has 0 aliphatic carbocycles. The molecule has 0 saturated heterocycles. The minimum absolute atomic E-state index is 0.0212. The number of halogens is 1. The van der Waals surface area contributed by atoms with Crippen molar-refractivity contribution in [3.05, 3.63) is 76.8 Å². The number of primary amides is 1. The van der Waals surface area contributed by atoms with Gasteiger partial charge in [0.2, 0.25) is 5.91 Å². The summed E-state index contributed by atoms with van der Waals surface area (Å²) in [5.41, 5.74) is 8.53. The van der Waals surface area contributed by atoms with Gasteiger partial charge in [0.05, 0.1) is 12.5 Å². The molecule has 1 aliphatic rings. The molecular weight excluding hydrogens is 362 g/mol. The minimum atomic E-state index is -0.660. The topological polar surface area (TPSA) is 75.4 Å². The van der Waals surface area contributed by atoms with Gasteiger partial charge in [0.25, 0.3) is 0 Å². The first-order valence-electron chi connectivity index (χ1n) is 8.86. The molecule has 1 unspecified atom stereocenters. The van der Waals surface area contributed by atoms with Crippen molar-refractivity contribution in [2.24, 2.45) is 5.73 Å². The number of nitrogens with one attached hydrogen (secondary N) is 1. The number of rotatable bonds is 5. The fraction of sp³-hybridized carbons (Fsp3) is 0.238. The van der Waals surface area contributed by atoms with Crippen LogP contribution in [0.4, 0.5) is 4.79 Å². The number of nitrogens with two attached hydrogens (primary N) is 1. The maximum atomic E-state index is 12.8. The van der Waals surface area contributed by atoms with Gasteiger partial charge < -0.3 is 16.0 Å². The van der Waals surface area contributed by atoms with Crippen LogP contribution in [0.3, 0.4) is 0 Å². The van der Waals surface area contributed by atoms with E-state index in [4.69, 9.17) is 17.3 Å². The lowest BCUT2D eigenvalue weighted by atomic mass is 9.98. The molecule has 1 aliphatic heterocycles. The minimum Gasteiger partial charge on any atom is -0.352 e. The van der Waals surface area contributed by atoms with Gasteiger partial charge in [-0.1, -0.05) is 60.1 Å². The molecule has 5 nitrogen and oxygen atoms in total. The summed E-state index contributed by atoms with van der Waals surface area (Å²) in [4.78, 5) is 25.9. The van der Waals surface area contributed by atoms with Gasteiger partial charge in [-0.2, -0.15) is 0 Å². The zero-order chi connectivity index (χ0) is 19.2. The Kier molecular flexibility index (Phi) is 6.14. The average Bonchev–Trinajstić information content (AvgIpc) is 2.68. The van der Waals surface area contributed by atoms with Crippen LogP contribution in [0.1, 0.15) is 30.0 Å². The van der Waals surface area contributed by atoms with Crippen molar-refractivity contribution >= 4 is 29.1 Å². The van der Waals surface area contributed by atoms with Crippen LogP contribution in [0, 0.1) is 0 Å². The van der Waals surface area contributed by atoms with Gasteiger partial charge >= 0.3 is 6.03 Å². The molecule has 0 aromatic heterocycles. The van der Waals surface area contributed by atoms with Crippen LogP contribution in [-0.4, -0.2) is 29.9 Å². The molecule has 0 fully saturated rings. The van der Waals surface area contributed by atoms with Crippen molar-refractivity contribution in [3.8, 4) is 0 Å². The summed E-state index contributed by atoms with van der Waals surface area (Å²) in [5, 5.41) is 3.25. The highest BCUT2D eigenvalue weighted by Gasteiger charge is 2.23. The molecule has 0 spiro atoms. The van der Waals surface area contributed by atoms with E-state index in [1.165, 1.54) is 11.1 Å². The Morgan fingerprint density at radius 1 is 1.11 bits per heavy atom. The second-order valence-corrected chi connectivity index (χ2v) is 6.94. The Morgan fingerprint density at radius 2 is 1.81 bits per heavy atom. The van der Waals surface area contributed by atoms with Crippen LogP contribution in [0.5, 0.6) is 0 Å². The van der Waals surface area contributed by atoms with Crippen molar-refractivity contribution < 1.29 is 9.59 Å². The number of carbonyl (C=O) groups is 2. The maximum Gasteiger partial charge on any atom is 0.312 e. The summed E-state index contributed by atoms with van der Waals surface area (Å²) in [6, 6.07) is 16.1. The van der Waals surface area contributed by atoms with Crippen molar-refractivity contribution in [2.75, 3.05) is 13.1 Å². The molecule has 1 heterocycles. The molecule has 2 aromatic rings. The molecule has 0 radical (unpaired) electrons. The number of benzene rings is 2. The van der Waals surface area contributed by atoms with E-state index < -0.39 is 12.1 Å². The highest BCUT2D eigenvalue weighted by molar-refractivity contribution is 6.30. The molecular formula is C21H22ClN3O2. The second kappa shape index (κ2) is 8.73. The van der Waals surface area contributed by atoms with Gasteiger partial charge in [0.15, 0.2) is 0 Å². The van der Waals surface area contributed by atoms with Gasteiger partial charge in [-0.3, -0.25) is 4.79 Å². The smallest absolute Gasteiger partial charge is 0.312 e. The van der Waals surface area contributed by atoms with E-state index in [0.717, 1.165) is 12.0 Å². The summed E-state index contributed by atoms with van der Waals surface area (Å²) in [6.45, 7) is 1.22. The van der Waals surface area contributed by atoms with Crippen LogP contribution < -0.4 is 11.1 Å². The lowest BCUT2D eigenvalue weighted by Gasteiger charge is -2.28. The zero-order valence-corrected chi connectivity index (χ0v) is 15.7.